The summed E-state index contributed by atoms with van der Waals surface area (Å²) >= 11 is 10.9. The van der Waals surface area contributed by atoms with Crippen molar-refractivity contribution < 1.29 is 9.84 Å². The first-order valence-corrected chi connectivity index (χ1v) is 8.18. The van der Waals surface area contributed by atoms with Crippen molar-refractivity contribution in [3.8, 4) is 5.75 Å². The van der Waals surface area contributed by atoms with Crippen LogP contribution in [0.3, 0.4) is 0 Å². The van der Waals surface area contributed by atoms with Crippen molar-refractivity contribution in [2.45, 2.75) is 12.6 Å². The van der Waals surface area contributed by atoms with E-state index in [1.54, 1.807) is 35.6 Å². The highest BCUT2D eigenvalue weighted by Gasteiger charge is 2.05. The van der Waals surface area contributed by atoms with Crippen LogP contribution in [0.15, 0.2) is 40.2 Å². The van der Waals surface area contributed by atoms with Crippen molar-refractivity contribution in [2.24, 2.45) is 0 Å². The quantitative estimate of drug-likeness (QED) is 0.774. The lowest BCUT2D eigenvalue weighted by atomic mass is 10.3. The van der Waals surface area contributed by atoms with Gasteiger partial charge >= 0.3 is 0 Å². The molecule has 0 spiro atoms. The number of rotatable bonds is 7. The number of hydrogen-bond donors (Lipinski definition) is 2. The molecule has 6 heteroatoms. The fourth-order valence-electron chi connectivity index (χ4n) is 1.59. The van der Waals surface area contributed by atoms with Crippen LogP contribution in [0, 0.1) is 0 Å². The molecule has 0 saturated heterocycles. The van der Waals surface area contributed by atoms with E-state index in [0.717, 1.165) is 11.0 Å². The van der Waals surface area contributed by atoms with Gasteiger partial charge in [-0.15, -0.1) is 11.3 Å². The summed E-state index contributed by atoms with van der Waals surface area (Å²) in [6.45, 7) is 1.49. The molecule has 0 aliphatic rings. The molecule has 0 amide bonds. The van der Waals surface area contributed by atoms with Gasteiger partial charge in [0.25, 0.3) is 0 Å². The molecule has 1 unspecified atom stereocenters. The van der Waals surface area contributed by atoms with Crippen molar-refractivity contribution in [3.63, 3.8) is 0 Å². The number of ether oxygens (including phenoxy) is 1. The summed E-state index contributed by atoms with van der Waals surface area (Å²) in [5.74, 6) is 0.704. The minimum absolute atomic E-state index is 0.253. The van der Waals surface area contributed by atoms with Crippen LogP contribution in [0.5, 0.6) is 5.75 Å². The second-order valence-corrected chi connectivity index (χ2v) is 6.63. The van der Waals surface area contributed by atoms with Crippen LogP contribution in [0.2, 0.25) is 5.02 Å². The van der Waals surface area contributed by atoms with E-state index in [1.807, 2.05) is 5.38 Å². The minimum Gasteiger partial charge on any atom is -0.491 e. The van der Waals surface area contributed by atoms with Gasteiger partial charge in [-0.25, -0.2) is 0 Å². The smallest absolute Gasteiger partial charge is 0.119 e. The van der Waals surface area contributed by atoms with Gasteiger partial charge in [0.05, 0.1) is 0 Å². The number of halogens is 2. The third-order valence-electron chi connectivity index (χ3n) is 2.56. The molecule has 1 aromatic heterocycles. The first kappa shape index (κ1) is 15.8. The largest absolute Gasteiger partial charge is 0.491 e. The molecule has 108 valence electrons. The molecule has 3 nitrogen and oxygen atoms in total. The Bertz CT molecular complexity index is 532. The van der Waals surface area contributed by atoms with E-state index in [4.69, 9.17) is 16.3 Å². The summed E-state index contributed by atoms with van der Waals surface area (Å²) in [7, 11) is 0. The summed E-state index contributed by atoms with van der Waals surface area (Å²) in [5.41, 5.74) is 0. The fraction of sp³-hybridized carbons (Fsp3) is 0.286. The van der Waals surface area contributed by atoms with Crippen LogP contribution in [0.4, 0.5) is 0 Å². The summed E-state index contributed by atoms with van der Waals surface area (Å²) in [6.07, 6.45) is -0.547. The Hall–Kier alpha value is -0.590. The number of hydrogen-bond acceptors (Lipinski definition) is 4. The van der Waals surface area contributed by atoms with Gasteiger partial charge < -0.3 is 15.2 Å². The average Bonchev–Trinajstić information content (AvgIpc) is 2.84. The lowest BCUT2D eigenvalue weighted by molar-refractivity contribution is 0.106. The number of nitrogens with one attached hydrogen (secondary N) is 1. The van der Waals surface area contributed by atoms with Gasteiger partial charge in [-0.3, -0.25) is 0 Å². The summed E-state index contributed by atoms with van der Waals surface area (Å²) < 4.78 is 6.56. The Morgan fingerprint density at radius 2 is 2.10 bits per heavy atom. The highest BCUT2D eigenvalue weighted by Crippen LogP contribution is 2.19. The van der Waals surface area contributed by atoms with Gasteiger partial charge in [0.1, 0.15) is 18.5 Å². The van der Waals surface area contributed by atoms with Crippen molar-refractivity contribution in [1.82, 2.24) is 5.32 Å². The van der Waals surface area contributed by atoms with E-state index >= 15 is 0 Å². The van der Waals surface area contributed by atoms with E-state index in [-0.39, 0.29) is 6.61 Å². The van der Waals surface area contributed by atoms with Gasteiger partial charge in [0, 0.05) is 32.8 Å². The molecule has 20 heavy (non-hydrogen) atoms. The molecule has 2 N–H and O–H groups in total. The van der Waals surface area contributed by atoms with E-state index < -0.39 is 6.10 Å². The SMILES string of the molecule is OC(CNCc1cc(Br)cs1)COc1ccc(Cl)cc1. The Balaban J connectivity index is 1.65. The monoisotopic (exact) mass is 375 g/mol. The first-order valence-electron chi connectivity index (χ1n) is 6.13. The number of aliphatic hydroxyl groups excluding tert-OH is 1. The van der Waals surface area contributed by atoms with E-state index in [0.29, 0.717) is 17.3 Å². The molecule has 1 aromatic carbocycles. The second-order valence-electron chi connectivity index (χ2n) is 4.28. The highest BCUT2D eigenvalue weighted by atomic mass is 79.9. The fourth-order valence-corrected chi connectivity index (χ4v) is 3.14. The molecular formula is C14H15BrClNO2S. The molecule has 2 rings (SSSR count). The van der Waals surface area contributed by atoms with Gasteiger partial charge in [0.2, 0.25) is 0 Å². The molecule has 0 fully saturated rings. The summed E-state index contributed by atoms with van der Waals surface area (Å²) in [5, 5.41) is 15.7. The lowest BCUT2D eigenvalue weighted by Gasteiger charge is -2.13. The van der Waals surface area contributed by atoms with E-state index in [9.17, 15) is 5.11 Å². The van der Waals surface area contributed by atoms with Gasteiger partial charge in [-0.2, -0.15) is 0 Å². The molecule has 0 bridgehead atoms. The Labute approximate surface area is 135 Å². The van der Waals surface area contributed by atoms with Crippen molar-refractivity contribution in [3.05, 3.63) is 50.1 Å². The molecule has 0 aliphatic carbocycles. The average molecular weight is 377 g/mol. The predicted molar refractivity (Wildman–Crippen MR) is 86.7 cm³/mol. The molecule has 1 heterocycles. The van der Waals surface area contributed by atoms with Crippen molar-refractivity contribution in [1.29, 1.82) is 0 Å². The second kappa shape index (κ2) is 8.00. The number of thiophene rings is 1. The van der Waals surface area contributed by atoms with Gasteiger partial charge in [-0.1, -0.05) is 11.6 Å². The molecular weight excluding hydrogens is 362 g/mol. The minimum atomic E-state index is -0.547. The molecule has 0 saturated carbocycles. The highest BCUT2D eigenvalue weighted by molar-refractivity contribution is 9.10. The maximum Gasteiger partial charge on any atom is 0.119 e. The summed E-state index contributed by atoms with van der Waals surface area (Å²) in [6, 6.07) is 9.15. The topological polar surface area (TPSA) is 41.5 Å². The summed E-state index contributed by atoms with van der Waals surface area (Å²) in [4.78, 5) is 1.22. The Morgan fingerprint density at radius 3 is 2.75 bits per heavy atom. The lowest BCUT2D eigenvalue weighted by Crippen LogP contribution is -2.30. The van der Waals surface area contributed by atoms with Crippen LogP contribution >= 0.6 is 38.9 Å². The van der Waals surface area contributed by atoms with E-state index in [2.05, 4.69) is 27.3 Å². The molecule has 0 radical (unpaired) electrons. The predicted octanol–water partition coefficient (Wildman–Crippen LogP) is 3.69. The zero-order valence-corrected chi connectivity index (χ0v) is 13.8. The van der Waals surface area contributed by atoms with Crippen molar-refractivity contribution in [2.75, 3.05) is 13.2 Å². The molecule has 2 aromatic rings. The van der Waals surface area contributed by atoms with Crippen LogP contribution in [0.1, 0.15) is 4.88 Å². The third-order valence-corrected chi connectivity index (χ3v) is 4.51. The van der Waals surface area contributed by atoms with Crippen LogP contribution in [-0.2, 0) is 6.54 Å². The molecule has 1 atom stereocenters. The third kappa shape index (κ3) is 5.42. The number of aliphatic hydroxyl groups is 1. The van der Waals surface area contributed by atoms with Crippen LogP contribution in [-0.4, -0.2) is 24.4 Å². The van der Waals surface area contributed by atoms with Crippen LogP contribution in [0.25, 0.3) is 0 Å². The van der Waals surface area contributed by atoms with E-state index in [1.165, 1.54) is 4.88 Å². The maximum atomic E-state index is 9.83. The molecule has 0 aliphatic heterocycles. The Kier molecular flexibility index (Phi) is 6.32. The number of benzene rings is 1. The van der Waals surface area contributed by atoms with Crippen molar-refractivity contribution >= 4 is 38.9 Å². The zero-order valence-electron chi connectivity index (χ0n) is 10.7. The van der Waals surface area contributed by atoms with Gasteiger partial charge in [0.15, 0.2) is 0 Å². The first-order chi connectivity index (χ1) is 9.63. The standard InChI is InChI=1S/C14H15BrClNO2S/c15-10-5-14(20-9-10)7-17-6-12(18)8-19-13-3-1-11(16)2-4-13/h1-5,9,12,17-18H,6-8H2. The zero-order chi connectivity index (χ0) is 14.4. The maximum absolute atomic E-state index is 9.83. The Morgan fingerprint density at radius 1 is 1.35 bits per heavy atom. The van der Waals surface area contributed by atoms with Crippen LogP contribution < -0.4 is 10.1 Å². The van der Waals surface area contributed by atoms with Gasteiger partial charge in [-0.05, 0) is 46.3 Å². The normalized spacial score (nSPS) is 12.3.